The van der Waals surface area contributed by atoms with Crippen LogP contribution in [0, 0.1) is 5.92 Å². The van der Waals surface area contributed by atoms with Crippen molar-refractivity contribution in [2.45, 2.75) is 12.6 Å². The average Bonchev–Trinajstić information content (AvgIpc) is 2.38. The molecule has 1 unspecified atom stereocenters. The summed E-state index contributed by atoms with van der Waals surface area (Å²) in [6.45, 7) is 2.51. The van der Waals surface area contributed by atoms with Crippen molar-refractivity contribution in [2.75, 3.05) is 32.7 Å². The van der Waals surface area contributed by atoms with Gasteiger partial charge in [0.15, 0.2) is 0 Å². The number of carboxylic acids is 1. The van der Waals surface area contributed by atoms with Crippen molar-refractivity contribution in [3.63, 3.8) is 0 Å². The second kappa shape index (κ2) is 5.87. The summed E-state index contributed by atoms with van der Waals surface area (Å²) in [6.07, 6.45) is 0.141. The predicted octanol–water partition coefficient (Wildman–Crippen LogP) is 1.71. The van der Waals surface area contributed by atoms with Gasteiger partial charge in [-0.2, -0.15) is 13.2 Å². The first-order chi connectivity index (χ1) is 9.36. The number of hydrogen-bond donors (Lipinski definition) is 1. The van der Waals surface area contributed by atoms with E-state index in [1.54, 1.807) is 6.08 Å². The highest BCUT2D eigenvalue weighted by molar-refractivity contribution is 5.69. The molecule has 0 aromatic heterocycles. The first kappa shape index (κ1) is 14.9. The van der Waals surface area contributed by atoms with Crippen LogP contribution in [0.4, 0.5) is 13.2 Å². The molecule has 1 aliphatic carbocycles. The van der Waals surface area contributed by atoms with Crippen molar-refractivity contribution in [3.8, 4) is 0 Å². The van der Waals surface area contributed by atoms with Gasteiger partial charge >= 0.3 is 12.1 Å². The Kier molecular flexibility index (Phi) is 4.37. The van der Waals surface area contributed by atoms with E-state index in [-0.39, 0.29) is 13.0 Å². The molecule has 1 atom stereocenters. The van der Waals surface area contributed by atoms with Crippen LogP contribution >= 0.6 is 0 Å². The van der Waals surface area contributed by atoms with Crippen molar-refractivity contribution >= 4 is 5.97 Å². The van der Waals surface area contributed by atoms with Crippen molar-refractivity contribution in [3.05, 3.63) is 23.9 Å². The number of halogens is 3. The summed E-state index contributed by atoms with van der Waals surface area (Å²) >= 11 is 0. The summed E-state index contributed by atoms with van der Waals surface area (Å²) in [5.41, 5.74) is 0.806. The van der Waals surface area contributed by atoms with Gasteiger partial charge in [0.1, 0.15) is 0 Å². The average molecular weight is 290 g/mol. The molecule has 0 aromatic carbocycles. The van der Waals surface area contributed by atoms with E-state index in [0.29, 0.717) is 26.2 Å². The van der Waals surface area contributed by atoms with E-state index < -0.39 is 18.1 Å². The number of hydrogen-bond acceptors (Lipinski definition) is 3. The third kappa shape index (κ3) is 3.75. The smallest absolute Gasteiger partial charge is 0.395 e. The lowest BCUT2D eigenvalue weighted by molar-refractivity contribution is -0.160. The van der Waals surface area contributed by atoms with E-state index >= 15 is 0 Å². The summed E-state index contributed by atoms with van der Waals surface area (Å²) in [5, 5.41) is 8.70. The summed E-state index contributed by atoms with van der Waals surface area (Å²) in [5.74, 6) is -2.25. The number of carbonyl (C=O) groups is 1. The van der Waals surface area contributed by atoms with Gasteiger partial charge in [0.05, 0.1) is 12.5 Å². The molecule has 1 N–H and O–H groups in total. The standard InChI is InChI=1S/C13H17F3N2O2/c14-13(15,16)10-1-3-11(4-2-10)18-7-5-17(6-8-18)9-12(19)20/h1,3-4,10H,2,5-9H2,(H,19,20). The van der Waals surface area contributed by atoms with Gasteiger partial charge in [-0.1, -0.05) is 12.2 Å². The molecule has 0 aromatic rings. The Morgan fingerprint density at radius 2 is 1.95 bits per heavy atom. The van der Waals surface area contributed by atoms with Crippen LogP contribution in [-0.4, -0.2) is 59.8 Å². The molecule has 7 heteroatoms. The lowest BCUT2D eigenvalue weighted by atomic mass is 9.98. The fraction of sp³-hybridized carbons (Fsp3) is 0.615. The topological polar surface area (TPSA) is 43.8 Å². The highest BCUT2D eigenvalue weighted by Gasteiger charge is 2.38. The maximum atomic E-state index is 12.5. The maximum absolute atomic E-state index is 12.5. The third-order valence-corrected chi connectivity index (χ3v) is 3.60. The van der Waals surface area contributed by atoms with Crippen LogP contribution in [0.2, 0.25) is 0 Å². The molecule has 2 aliphatic rings. The zero-order valence-corrected chi connectivity index (χ0v) is 10.9. The minimum atomic E-state index is -4.18. The van der Waals surface area contributed by atoms with Crippen molar-refractivity contribution in [1.29, 1.82) is 0 Å². The van der Waals surface area contributed by atoms with E-state index in [1.807, 2.05) is 9.80 Å². The second-order valence-electron chi connectivity index (χ2n) is 5.03. The fourth-order valence-electron chi connectivity index (χ4n) is 2.44. The number of aliphatic carboxylic acids is 1. The van der Waals surface area contributed by atoms with Crippen LogP contribution < -0.4 is 0 Å². The highest BCUT2D eigenvalue weighted by atomic mass is 19.4. The molecule has 1 fully saturated rings. The van der Waals surface area contributed by atoms with Crippen LogP contribution in [0.15, 0.2) is 23.9 Å². The summed E-state index contributed by atoms with van der Waals surface area (Å²) in [4.78, 5) is 14.4. The SMILES string of the molecule is O=C(O)CN1CCN(C2=CCC(C(F)(F)F)C=C2)CC1. The number of allylic oxidation sites excluding steroid dienone is 3. The van der Waals surface area contributed by atoms with Crippen LogP contribution in [0.1, 0.15) is 6.42 Å². The van der Waals surface area contributed by atoms with Crippen LogP contribution in [0.3, 0.4) is 0 Å². The normalized spacial score (nSPS) is 24.6. The number of nitrogens with zero attached hydrogens (tertiary/aromatic N) is 2. The van der Waals surface area contributed by atoms with Gasteiger partial charge in [-0.15, -0.1) is 0 Å². The molecule has 0 radical (unpaired) electrons. The van der Waals surface area contributed by atoms with E-state index in [1.165, 1.54) is 12.2 Å². The maximum Gasteiger partial charge on any atom is 0.395 e. The molecule has 112 valence electrons. The molecular weight excluding hydrogens is 273 g/mol. The number of carboxylic acid groups (broad SMARTS) is 1. The van der Waals surface area contributed by atoms with Crippen LogP contribution in [-0.2, 0) is 4.79 Å². The molecule has 1 heterocycles. The highest BCUT2D eigenvalue weighted by Crippen LogP contribution is 2.33. The van der Waals surface area contributed by atoms with Gasteiger partial charge in [0.25, 0.3) is 0 Å². The van der Waals surface area contributed by atoms with E-state index in [0.717, 1.165) is 5.70 Å². The van der Waals surface area contributed by atoms with E-state index in [2.05, 4.69) is 0 Å². The molecular formula is C13H17F3N2O2. The fourth-order valence-corrected chi connectivity index (χ4v) is 2.44. The molecule has 0 spiro atoms. The Hall–Kier alpha value is -1.50. The molecule has 0 bridgehead atoms. The largest absolute Gasteiger partial charge is 0.480 e. The Balaban J connectivity index is 1.85. The number of alkyl halides is 3. The second-order valence-corrected chi connectivity index (χ2v) is 5.03. The van der Waals surface area contributed by atoms with Gasteiger partial charge in [-0.25, -0.2) is 0 Å². The summed E-state index contributed by atoms with van der Waals surface area (Å²) in [7, 11) is 0. The molecule has 0 amide bonds. The van der Waals surface area contributed by atoms with Crippen LogP contribution in [0.5, 0.6) is 0 Å². The molecule has 1 aliphatic heterocycles. The lowest BCUT2D eigenvalue weighted by Gasteiger charge is -2.36. The van der Waals surface area contributed by atoms with Crippen molar-refractivity contribution < 1.29 is 23.1 Å². The van der Waals surface area contributed by atoms with Gasteiger partial charge in [0, 0.05) is 31.9 Å². The third-order valence-electron chi connectivity index (χ3n) is 3.60. The van der Waals surface area contributed by atoms with E-state index in [9.17, 15) is 18.0 Å². The predicted molar refractivity (Wildman–Crippen MR) is 67.0 cm³/mol. The number of rotatable bonds is 3. The van der Waals surface area contributed by atoms with Gasteiger partial charge in [0.2, 0.25) is 0 Å². The van der Waals surface area contributed by atoms with Gasteiger partial charge in [-0.3, -0.25) is 9.69 Å². The molecule has 0 saturated carbocycles. The Morgan fingerprint density at radius 3 is 2.40 bits per heavy atom. The Bertz CT molecular complexity index is 424. The zero-order chi connectivity index (χ0) is 14.8. The van der Waals surface area contributed by atoms with E-state index in [4.69, 9.17) is 5.11 Å². The van der Waals surface area contributed by atoms with Crippen LogP contribution in [0.25, 0.3) is 0 Å². The first-order valence-electron chi connectivity index (χ1n) is 6.50. The van der Waals surface area contributed by atoms with Crippen molar-refractivity contribution in [2.24, 2.45) is 5.92 Å². The minimum absolute atomic E-state index is 0.0128. The summed E-state index contributed by atoms with van der Waals surface area (Å²) < 4.78 is 37.6. The summed E-state index contributed by atoms with van der Waals surface area (Å²) in [6, 6.07) is 0. The quantitative estimate of drug-likeness (QED) is 0.859. The minimum Gasteiger partial charge on any atom is -0.480 e. The molecule has 2 rings (SSSR count). The van der Waals surface area contributed by atoms with Crippen molar-refractivity contribution in [1.82, 2.24) is 9.80 Å². The van der Waals surface area contributed by atoms with Gasteiger partial charge < -0.3 is 10.0 Å². The Morgan fingerprint density at radius 1 is 1.30 bits per heavy atom. The Labute approximate surface area is 115 Å². The molecule has 1 saturated heterocycles. The van der Waals surface area contributed by atoms with Gasteiger partial charge in [-0.05, 0) is 12.5 Å². The lowest BCUT2D eigenvalue weighted by Crippen LogP contribution is -2.47. The zero-order valence-electron chi connectivity index (χ0n) is 10.9. The molecule has 4 nitrogen and oxygen atoms in total. The molecule has 20 heavy (non-hydrogen) atoms. The number of piperazine rings is 1. The monoisotopic (exact) mass is 290 g/mol. The first-order valence-corrected chi connectivity index (χ1v) is 6.50.